The summed E-state index contributed by atoms with van der Waals surface area (Å²) < 4.78 is 14.0. The van der Waals surface area contributed by atoms with Crippen LogP contribution >= 0.6 is 34.8 Å². The van der Waals surface area contributed by atoms with Gasteiger partial charge in [0.05, 0.1) is 21.7 Å². The molecule has 2 aromatic rings. The molecule has 1 heterocycles. The molecule has 0 aromatic heterocycles. The van der Waals surface area contributed by atoms with Crippen molar-refractivity contribution in [2.45, 2.75) is 25.9 Å². The molecule has 0 spiro atoms. The monoisotopic (exact) mass is 439 g/mol. The van der Waals surface area contributed by atoms with Crippen molar-refractivity contribution in [3.05, 3.63) is 62.3 Å². The summed E-state index contributed by atoms with van der Waals surface area (Å²) >= 11 is 18.3. The zero-order valence-corrected chi connectivity index (χ0v) is 17.3. The Labute approximate surface area is 178 Å². The molecule has 1 aliphatic heterocycles. The van der Waals surface area contributed by atoms with Crippen LogP contribution in [0.25, 0.3) is 0 Å². The molecule has 1 aliphatic rings. The van der Waals surface area contributed by atoms with Crippen molar-refractivity contribution in [2.24, 2.45) is 0 Å². The minimum Gasteiger partial charge on any atom is -0.362 e. The van der Waals surface area contributed by atoms with E-state index in [-0.39, 0.29) is 23.5 Å². The van der Waals surface area contributed by atoms with E-state index in [9.17, 15) is 9.18 Å². The molecule has 0 aliphatic carbocycles. The Morgan fingerprint density at radius 3 is 2.57 bits per heavy atom. The molecule has 0 bridgehead atoms. The molecule has 1 atom stereocenters. The first-order chi connectivity index (χ1) is 13.3. The summed E-state index contributed by atoms with van der Waals surface area (Å²) in [6, 6.07) is 9.64. The second-order valence-corrected chi connectivity index (χ2v) is 7.77. The first-order valence-electron chi connectivity index (χ1n) is 8.71. The Kier molecular flexibility index (Phi) is 6.34. The van der Waals surface area contributed by atoms with E-state index in [4.69, 9.17) is 40.1 Å². The maximum absolute atomic E-state index is 14.0. The van der Waals surface area contributed by atoms with Gasteiger partial charge in [-0.3, -0.25) is 4.79 Å². The lowest BCUT2D eigenvalue weighted by molar-refractivity contribution is -0.127. The van der Waals surface area contributed by atoms with E-state index in [2.05, 4.69) is 0 Å². The average molecular weight is 441 g/mol. The minimum atomic E-state index is -0.559. The molecule has 3 rings (SSSR count). The van der Waals surface area contributed by atoms with Gasteiger partial charge < -0.3 is 9.80 Å². The molecular weight excluding hydrogens is 424 g/mol. The number of halogens is 4. The number of carbonyl (C=O) groups is 1. The topological polar surface area (TPSA) is 47.3 Å². The van der Waals surface area contributed by atoms with Gasteiger partial charge in [0.2, 0.25) is 5.91 Å². The summed E-state index contributed by atoms with van der Waals surface area (Å²) in [5.41, 5.74) is 1.64. The molecule has 0 radical (unpaired) electrons. The van der Waals surface area contributed by atoms with Crippen molar-refractivity contribution < 1.29 is 9.18 Å². The highest BCUT2D eigenvalue weighted by Gasteiger charge is 2.33. The van der Waals surface area contributed by atoms with Crippen molar-refractivity contribution in [1.82, 2.24) is 4.90 Å². The van der Waals surface area contributed by atoms with Gasteiger partial charge in [-0.1, -0.05) is 34.8 Å². The average Bonchev–Trinajstić information content (AvgIpc) is 3.04. The largest absolute Gasteiger partial charge is 0.362 e. The highest BCUT2D eigenvalue weighted by molar-refractivity contribution is 6.35. The Balaban J connectivity index is 2.00. The first kappa shape index (κ1) is 20.7. The number of hydrogen-bond donors (Lipinski definition) is 0. The number of hydrogen-bond acceptors (Lipinski definition) is 3. The Morgan fingerprint density at radius 2 is 1.96 bits per heavy atom. The maximum Gasteiger partial charge on any atom is 0.224 e. The van der Waals surface area contributed by atoms with E-state index < -0.39 is 5.82 Å². The van der Waals surface area contributed by atoms with Crippen molar-refractivity contribution in [1.29, 1.82) is 5.26 Å². The number of likely N-dealkylation sites (tertiary alicyclic amines) is 1. The first-order valence-corrected chi connectivity index (χ1v) is 9.85. The van der Waals surface area contributed by atoms with E-state index in [0.29, 0.717) is 40.7 Å². The van der Waals surface area contributed by atoms with Crippen LogP contribution in [0.5, 0.6) is 0 Å². The molecule has 0 saturated carbocycles. The summed E-state index contributed by atoms with van der Waals surface area (Å²) in [6.07, 6.45) is 0.332. The quantitative estimate of drug-likeness (QED) is 0.594. The fraction of sp³-hybridized carbons (Fsp3) is 0.300. The second kappa shape index (κ2) is 8.57. The van der Waals surface area contributed by atoms with Gasteiger partial charge in [0.25, 0.3) is 0 Å². The van der Waals surface area contributed by atoms with Gasteiger partial charge in [-0.05, 0) is 42.8 Å². The third kappa shape index (κ3) is 4.20. The van der Waals surface area contributed by atoms with Crippen LogP contribution in [0.3, 0.4) is 0 Å². The van der Waals surface area contributed by atoms with Gasteiger partial charge in [-0.25, -0.2) is 4.39 Å². The third-order valence-electron chi connectivity index (χ3n) is 4.85. The standard InChI is InChI=1S/C20H17Cl3FN3O/c1-2-26-11-15(7-20(26)28)27(14-4-3-12(9-25)16(21)6-14)10-13-5-19(24)18(23)8-17(13)22/h3-6,8,15H,2,7,10-11H2,1H3/t15-/m0/s1. The van der Waals surface area contributed by atoms with Crippen molar-refractivity contribution >= 4 is 46.4 Å². The summed E-state index contributed by atoms with van der Waals surface area (Å²) in [7, 11) is 0. The van der Waals surface area contributed by atoms with E-state index in [1.807, 2.05) is 17.9 Å². The third-order valence-corrected chi connectivity index (χ3v) is 5.81. The fourth-order valence-corrected chi connectivity index (χ4v) is 4.00. The Bertz CT molecular complexity index is 960. The fourth-order valence-electron chi connectivity index (χ4n) is 3.34. The molecule has 1 fully saturated rings. The van der Waals surface area contributed by atoms with Gasteiger partial charge in [0.15, 0.2) is 0 Å². The zero-order chi connectivity index (χ0) is 20.4. The van der Waals surface area contributed by atoms with E-state index in [1.54, 1.807) is 23.1 Å². The SMILES string of the molecule is CCN1C[C@@H](N(Cc2cc(F)c(Cl)cc2Cl)c2ccc(C#N)c(Cl)c2)CC1=O. The van der Waals surface area contributed by atoms with Gasteiger partial charge in [0.1, 0.15) is 11.9 Å². The molecular formula is C20H17Cl3FN3O. The van der Waals surface area contributed by atoms with Gasteiger partial charge in [-0.2, -0.15) is 5.26 Å². The molecule has 0 N–H and O–H groups in total. The van der Waals surface area contributed by atoms with Crippen molar-refractivity contribution in [3.8, 4) is 6.07 Å². The number of anilines is 1. The lowest BCUT2D eigenvalue weighted by Crippen LogP contribution is -2.37. The zero-order valence-electron chi connectivity index (χ0n) is 15.1. The van der Waals surface area contributed by atoms with Crippen LogP contribution < -0.4 is 4.90 Å². The number of nitrogens with zero attached hydrogens (tertiary/aromatic N) is 3. The van der Waals surface area contributed by atoms with E-state index in [0.717, 1.165) is 5.69 Å². The lowest BCUT2D eigenvalue weighted by Gasteiger charge is -2.31. The van der Waals surface area contributed by atoms with Crippen LogP contribution in [0.15, 0.2) is 30.3 Å². The lowest BCUT2D eigenvalue weighted by atomic mass is 10.1. The van der Waals surface area contributed by atoms with Crippen LogP contribution in [-0.2, 0) is 11.3 Å². The van der Waals surface area contributed by atoms with Crippen LogP contribution in [-0.4, -0.2) is 29.9 Å². The normalized spacial score (nSPS) is 16.4. The summed E-state index contributed by atoms with van der Waals surface area (Å²) in [4.78, 5) is 16.0. The highest BCUT2D eigenvalue weighted by Crippen LogP contribution is 2.32. The van der Waals surface area contributed by atoms with E-state index >= 15 is 0 Å². The smallest absolute Gasteiger partial charge is 0.224 e. The van der Waals surface area contributed by atoms with Gasteiger partial charge >= 0.3 is 0 Å². The Hall–Kier alpha value is -2.00. The van der Waals surface area contributed by atoms with Gasteiger partial charge in [0, 0.05) is 36.8 Å². The summed E-state index contributed by atoms with van der Waals surface area (Å²) in [6.45, 7) is 3.35. The van der Waals surface area contributed by atoms with Gasteiger partial charge in [-0.15, -0.1) is 0 Å². The molecule has 4 nitrogen and oxygen atoms in total. The van der Waals surface area contributed by atoms with Crippen LogP contribution in [0, 0.1) is 17.1 Å². The molecule has 2 aromatic carbocycles. The van der Waals surface area contributed by atoms with Crippen molar-refractivity contribution in [2.75, 3.05) is 18.0 Å². The van der Waals surface area contributed by atoms with Crippen LogP contribution in [0.4, 0.5) is 10.1 Å². The number of nitriles is 1. The number of rotatable bonds is 5. The second-order valence-electron chi connectivity index (χ2n) is 6.55. The predicted octanol–water partition coefficient (Wildman–Crippen LogP) is 5.28. The molecule has 1 amide bonds. The molecule has 0 unspecified atom stereocenters. The molecule has 1 saturated heterocycles. The molecule has 28 heavy (non-hydrogen) atoms. The predicted molar refractivity (Wildman–Crippen MR) is 109 cm³/mol. The highest BCUT2D eigenvalue weighted by atomic mass is 35.5. The van der Waals surface area contributed by atoms with Crippen LogP contribution in [0.1, 0.15) is 24.5 Å². The van der Waals surface area contributed by atoms with Crippen LogP contribution in [0.2, 0.25) is 15.1 Å². The molecule has 146 valence electrons. The summed E-state index contributed by atoms with van der Waals surface area (Å²) in [5.74, 6) is -0.498. The number of amides is 1. The molecule has 8 heteroatoms. The summed E-state index contributed by atoms with van der Waals surface area (Å²) in [5, 5.41) is 9.73. The number of carbonyl (C=O) groups excluding carboxylic acids is 1. The Morgan fingerprint density at radius 1 is 1.21 bits per heavy atom. The van der Waals surface area contributed by atoms with Crippen molar-refractivity contribution in [3.63, 3.8) is 0 Å². The van der Waals surface area contributed by atoms with E-state index in [1.165, 1.54) is 12.1 Å². The maximum atomic E-state index is 14.0. The minimum absolute atomic E-state index is 0.0464. The number of benzene rings is 2. The number of likely N-dealkylation sites (N-methyl/N-ethyl adjacent to an activating group) is 1.